The molecule has 0 aliphatic rings. The highest BCUT2D eigenvalue weighted by atomic mass is 16.2. The third-order valence-electron chi connectivity index (χ3n) is 3.62. The van der Waals surface area contributed by atoms with Gasteiger partial charge in [-0.1, -0.05) is 31.5 Å². The highest BCUT2D eigenvalue weighted by molar-refractivity contribution is 5.99. The summed E-state index contributed by atoms with van der Waals surface area (Å²) in [6.07, 6.45) is 2.39. The molecular weight excluding hydrogens is 250 g/mol. The van der Waals surface area contributed by atoms with Gasteiger partial charge >= 0.3 is 0 Å². The minimum Gasteiger partial charge on any atom is -0.353 e. The van der Waals surface area contributed by atoms with E-state index in [9.17, 15) is 9.59 Å². The fourth-order valence-corrected chi connectivity index (χ4v) is 2.19. The predicted molar refractivity (Wildman–Crippen MR) is 82.0 cm³/mol. The van der Waals surface area contributed by atoms with Crippen molar-refractivity contribution in [3.8, 4) is 0 Å². The number of benzene rings is 1. The van der Waals surface area contributed by atoms with Gasteiger partial charge in [0.2, 0.25) is 5.91 Å². The lowest BCUT2D eigenvalue weighted by Gasteiger charge is -2.14. The molecule has 0 spiro atoms. The summed E-state index contributed by atoms with van der Waals surface area (Å²) < 4.78 is 0. The number of carbonyl (C=O) groups is 2. The number of nitrogens with one attached hydrogen (secondary N) is 1. The highest BCUT2D eigenvalue weighted by Crippen LogP contribution is 2.14. The minimum atomic E-state index is -0.0302. The number of hydrogen-bond donors (Lipinski definition) is 1. The molecule has 0 unspecified atom stereocenters. The van der Waals surface area contributed by atoms with Crippen LogP contribution in [0.25, 0.3) is 0 Å². The van der Waals surface area contributed by atoms with Crippen LogP contribution in [0.3, 0.4) is 0 Å². The van der Waals surface area contributed by atoms with E-state index in [0.717, 1.165) is 29.5 Å². The van der Waals surface area contributed by atoms with Crippen LogP contribution in [0.5, 0.6) is 0 Å². The Morgan fingerprint density at radius 2 is 1.75 bits per heavy atom. The Labute approximate surface area is 121 Å². The summed E-state index contributed by atoms with van der Waals surface area (Å²) in [4.78, 5) is 24.0. The summed E-state index contributed by atoms with van der Waals surface area (Å²) in [6.45, 7) is 8.00. The van der Waals surface area contributed by atoms with Crippen molar-refractivity contribution in [3.63, 3.8) is 0 Å². The van der Waals surface area contributed by atoms with Gasteiger partial charge in [0.1, 0.15) is 0 Å². The maximum Gasteiger partial charge on any atom is 0.220 e. The largest absolute Gasteiger partial charge is 0.353 e. The molecule has 0 aliphatic carbocycles. The normalized spacial score (nSPS) is 10.7. The van der Waals surface area contributed by atoms with Crippen molar-refractivity contribution in [2.24, 2.45) is 0 Å². The zero-order chi connectivity index (χ0) is 15.1. The Morgan fingerprint density at radius 1 is 1.10 bits per heavy atom. The summed E-state index contributed by atoms with van der Waals surface area (Å²) in [5, 5.41) is 2.96. The highest BCUT2D eigenvalue weighted by Gasteiger charge is 2.13. The molecule has 0 saturated heterocycles. The lowest BCUT2D eigenvalue weighted by Crippen LogP contribution is -2.33. The van der Waals surface area contributed by atoms with Crippen LogP contribution >= 0.6 is 0 Å². The van der Waals surface area contributed by atoms with Crippen molar-refractivity contribution >= 4 is 11.7 Å². The number of carbonyl (C=O) groups excluding carboxylic acids is 2. The second-order valence-corrected chi connectivity index (χ2v) is 5.32. The molecule has 0 radical (unpaired) electrons. The van der Waals surface area contributed by atoms with Crippen LogP contribution in [0.4, 0.5) is 0 Å². The van der Waals surface area contributed by atoms with Crippen LogP contribution in [0.15, 0.2) is 18.2 Å². The summed E-state index contributed by atoms with van der Waals surface area (Å²) in [7, 11) is 0. The van der Waals surface area contributed by atoms with Crippen molar-refractivity contribution in [1.82, 2.24) is 5.32 Å². The quantitative estimate of drug-likeness (QED) is 0.773. The van der Waals surface area contributed by atoms with Gasteiger partial charge in [-0.2, -0.15) is 0 Å². The first-order valence-electron chi connectivity index (χ1n) is 7.37. The second-order valence-electron chi connectivity index (χ2n) is 5.32. The number of hydrogen-bond acceptors (Lipinski definition) is 2. The van der Waals surface area contributed by atoms with E-state index < -0.39 is 0 Å². The van der Waals surface area contributed by atoms with E-state index >= 15 is 0 Å². The minimum absolute atomic E-state index is 0.0302. The summed E-state index contributed by atoms with van der Waals surface area (Å²) in [6, 6.07) is 6.06. The molecule has 0 fully saturated rings. The zero-order valence-electron chi connectivity index (χ0n) is 13.0. The average Bonchev–Trinajstić information content (AvgIpc) is 2.44. The molecule has 110 valence electrons. The van der Waals surface area contributed by atoms with Gasteiger partial charge in [-0.05, 0) is 38.3 Å². The Bertz CT molecular complexity index is 476. The Balaban J connectivity index is 2.55. The zero-order valence-corrected chi connectivity index (χ0v) is 13.0. The first kappa shape index (κ1) is 16.4. The standard InChI is InChI=1S/C17H25NO2/c1-5-14(6-2)18-17(20)10-9-16(19)15-11-12(3)7-8-13(15)4/h7-8,11,14H,5-6,9-10H2,1-4H3,(H,18,20). The molecule has 0 saturated carbocycles. The molecule has 0 aromatic heterocycles. The molecule has 3 nitrogen and oxygen atoms in total. The van der Waals surface area contributed by atoms with Gasteiger partial charge in [0, 0.05) is 24.4 Å². The fourth-order valence-electron chi connectivity index (χ4n) is 2.19. The smallest absolute Gasteiger partial charge is 0.220 e. The summed E-state index contributed by atoms with van der Waals surface area (Å²) in [5.41, 5.74) is 2.78. The Kier molecular flexibility index (Phi) is 6.43. The van der Waals surface area contributed by atoms with E-state index in [0.29, 0.717) is 0 Å². The molecule has 1 aromatic carbocycles. The van der Waals surface area contributed by atoms with Crippen LogP contribution in [0.2, 0.25) is 0 Å². The van der Waals surface area contributed by atoms with Gasteiger partial charge in [-0.3, -0.25) is 9.59 Å². The van der Waals surface area contributed by atoms with Crippen LogP contribution in [0, 0.1) is 13.8 Å². The lowest BCUT2D eigenvalue weighted by atomic mass is 9.99. The second kappa shape index (κ2) is 7.83. The van der Waals surface area contributed by atoms with Crippen LogP contribution in [0.1, 0.15) is 61.0 Å². The van der Waals surface area contributed by atoms with Crippen LogP contribution in [-0.2, 0) is 4.79 Å². The monoisotopic (exact) mass is 275 g/mol. The van der Waals surface area contributed by atoms with Gasteiger partial charge in [0.05, 0.1) is 0 Å². The Hall–Kier alpha value is -1.64. The molecule has 0 aliphatic heterocycles. The van der Waals surface area contributed by atoms with E-state index in [-0.39, 0.29) is 30.6 Å². The first-order valence-corrected chi connectivity index (χ1v) is 7.37. The number of rotatable bonds is 7. The molecule has 0 atom stereocenters. The topological polar surface area (TPSA) is 46.2 Å². The molecule has 20 heavy (non-hydrogen) atoms. The van der Waals surface area contributed by atoms with Crippen molar-refractivity contribution in [1.29, 1.82) is 0 Å². The molecular formula is C17H25NO2. The third kappa shape index (κ3) is 4.80. The summed E-state index contributed by atoms with van der Waals surface area (Å²) in [5.74, 6) is 0.0169. The van der Waals surface area contributed by atoms with E-state index in [2.05, 4.69) is 19.2 Å². The van der Waals surface area contributed by atoms with Gasteiger partial charge in [-0.15, -0.1) is 0 Å². The van der Waals surface area contributed by atoms with Gasteiger partial charge in [0.15, 0.2) is 5.78 Å². The molecule has 1 rings (SSSR count). The van der Waals surface area contributed by atoms with Crippen LogP contribution in [-0.4, -0.2) is 17.7 Å². The predicted octanol–water partition coefficient (Wildman–Crippen LogP) is 3.57. The van der Waals surface area contributed by atoms with E-state index in [1.54, 1.807) is 0 Å². The fraction of sp³-hybridized carbons (Fsp3) is 0.529. The number of aryl methyl sites for hydroxylation is 2. The molecule has 1 N–H and O–H groups in total. The van der Waals surface area contributed by atoms with Gasteiger partial charge < -0.3 is 5.32 Å². The Morgan fingerprint density at radius 3 is 2.35 bits per heavy atom. The SMILES string of the molecule is CCC(CC)NC(=O)CCC(=O)c1cc(C)ccc1C. The van der Waals surface area contributed by atoms with Gasteiger partial charge in [0.25, 0.3) is 0 Å². The van der Waals surface area contributed by atoms with Crippen LogP contribution < -0.4 is 5.32 Å². The summed E-state index contributed by atoms with van der Waals surface area (Å²) >= 11 is 0. The maximum absolute atomic E-state index is 12.2. The van der Waals surface area contributed by atoms with Crippen molar-refractivity contribution in [3.05, 3.63) is 34.9 Å². The molecule has 3 heteroatoms. The molecule has 0 heterocycles. The van der Waals surface area contributed by atoms with E-state index in [1.165, 1.54) is 0 Å². The first-order chi connectivity index (χ1) is 9.47. The van der Waals surface area contributed by atoms with E-state index in [1.807, 2.05) is 32.0 Å². The van der Waals surface area contributed by atoms with Gasteiger partial charge in [-0.25, -0.2) is 0 Å². The molecule has 1 aromatic rings. The van der Waals surface area contributed by atoms with Crippen molar-refractivity contribution in [2.75, 3.05) is 0 Å². The molecule has 1 amide bonds. The lowest BCUT2D eigenvalue weighted by molar-refractivity contribution is -0.121. The third-order valence-corrected chi connectivity index (χ3v) is 3.62. The number of amides is 1. The maximum atomic E-state index is 12.2. The number of ketones is 1. The van der Waals surface area contributed by atoms with E-state index in [4.69, 9.17) is 0 Å². The number of Topliss-reactive ketones (excluding diaryl/α,β-unsaturated/α-hetero) is 1. The van der Waals surface area contributed by atoms with Crippen molar-refractivity contribution < 1.29 is 9.59 Å². The average molecular weight is 275 g/mol. The molecule has 0 bridgehead atoms. The van der Waals surface area contributed by atoms with Crippen molar-refractivity contribution in [2.45, 2.75) is 59.4 Å².